The van der Waals surface area contributed by atoms with Gasteiger partial charge in [-0.2, -0.15) is 5.10 Å². The van der Waals surface area contributed by atoms with Crippen LogP contribution in [0.2, 0.25) is 0 Å². The molecule has 0 aliphatic heterocycles. The average Bonchev–Trinajstić information content (AvgIpc) is 2.47. The first kappa shape index (κ1) is 8.93. The third-order valence-electron chi connectivity index (χ3n) is 2.10. The minimum Gasteiger partial charge on any atom is -0.381 e. The molecular formula is C9H13N5. The van der Waals surface area contributed by atoms with Crippen LogP contribution in [0.5, 0.6) is 0 Å². The van der Waals surface area contributed by atoms with E-state index < -0.39 is 0 Å². The van der Waals surface area contributed by atoms with Gasteiger partial charge >= 0.3 is 0 Å². The molecule has 0 spiro atoms. The Morgan fingerprint density at radius 3 is 2.64 bits per heavy atom. The number of fused-ring (bicyclic) bond motifs is 1. The zero-order valence-electron chi connectivity index (χ0n) is 8.52. The minimum absolute atomic E-state index is 0.000208. The normalized spacial score (nSPS) is 12.2. The van der Waals surface area contributed by atoms with Crippen LogP contribution in [0.4, 0.5) is 5.82 Å². The Morgan fingerprint density at radius 2 is 2.00 bits per heavy atom. The Balaban J connectivity index is 2.76. The molecule has 5 heteroatoms. The molecule has 74 valence electrons. The van der Waals surface area contributed by atoms with Crippen LogP contribution in [0.15, 0.2) is 12.5 Å². The molecule has 2 aromatic rings. The van der Waals surface area contributed by atoms with Gasteiger partial charge in [-0.3, -0.25) is 0 Å². The van der Waals surface area contributed by atoms with Gasteiger partial charge in [0.05, 0.1) is 11.9 Å². The van der Waals surface area contributed by atoms with Gasteiger partial charge in [0.2, 0.25) is 0 Å². The lowest BCUT2D eigenvalue weighted by Crippen LogP contribution is -2.15. The molecule has 0 amide bonds. The average molecular weight is 191 g/mol. The number of rotatable bonds is 0. The Kier molecular flexibility index (Phi) is 1.70. The summed E-state index contributed by atoms with van der Waals surface area (Å²) in [5.74, 6) is 0.413. The number of hydrogen-bond acceptors (Lipinski definition) is 4. The van der Waals surface area contributed by atoms with Gasteiger partial charge in [-0.25, -0.2) is 14.5 Å². The molecule has 0 atom stereocenters. The van der Waals surface area contributed by atoms with E-state index in [1.807, 2.05) is 0 Å². The van der Waals surface area contributed by atoms with Crippen LogP contribution in [-0.4, -0.2) is 19.6 Å². The lowest BCUT2D eigenvalue weighted by molar-refractivity contribution is 0.550. The zero-order chi connectivity index (χ0) is 10.3. The molecule has 0 unspecified atom stereocenters. The van der Waals surface area contributed by atoms with Crippen LogP contribution in [0.25, 0.3) is 5.65 Å². The van der Waals surface area contributed by atoms with Gasteiger partial charge in [-0.05, 0) is 0 Å². The maximum absolute atomic E-state index is 5.68. The van der Waals surface area contributed by atoms with Crippen molar-refractivity contribution >= 4 is 11.5 Å². The summed E-state index contributed by atoms with van der Waals surface area (Å²) in [5, 5.41) is 4.13. The van der Waals surface area contributed by atoms with Gasteiger partial charge in [0.15, 0.2) is 11.5 Å². The van der Waals surface area contributed by atoms with Crippen LogP contribution in [-0.2, 0) is 5.41 Å². The molecule has 0 fully saturated rings. The zero-order valence-corrected chi connectivity index (χ0v) is 8.52. The molecule has 5 nitrogen and oxygen atoms in total. The van der Waals surface area contributed by atoms with E-state index in [1.165, 1.54) is 6.33 Å². The van der Waals surface area contributed by atoms with Gasteiger partial charge in [-0.1, -0.05) is 20.8 Å². The summed E-state index contributed by atoms with van der Waals surface area (Å²) in [7, 11) is 0. The first-order chi connectivity index (χ1) is 6.50. The quantitative estimate of drug-likeness (QED) is 0.674. The molecule has 0 aliphatic rings. The van der Waals surface area contributed by atoms with E-state index >= 15 is 0 Å². The third kappa shape index (κ3) is 1.21. The van der Waals surface area contributed by atoms with Crippen LogP contribution in [0.1, 0.15) is 26.5 Å². The molecule has 0 aromatic carbocycles. The van der Waals surface area contributed by atoms with E-state index in [2.05, 4.69) is 35.8 Å². The van der Waals surface area contributed by atoms with Crippen molar-refractivity contribution < 1.29 is 0 Å². The molecule has 0 saturated carbocycles. The molecule has 0 bridgehead atoms. The van der Waals surface area contributed by atoms with E-state index in [4.69, 9.17) is 5.73 Å². The monoisotopic (exact) mass is 191 g/mol. The number of hydrogen-bond donors (Lipinski definition) is 1. The Bertz CT molecular complexity index is 465. The SMILES string of the molecule is CC(C)(C)c1cnc2c(N)ncnn12. The van der Waals surface area contributed by atoms with Gasteiger partial charge in [0.25, 0.3) is 0 Å². The Morgan fingerprint density at radius 1 is 1.29 bits per heavy atom. The highest BCUT2D eigenvalue weighted by molar-refractivity contribution is 5.59. The topological polar surface area (TPSA) is 69.1 Å². The fourth-order valence-corrected chi connectivity index (χ4v) is 1.35. The summed E-state index contributed by atoms with van der Waals surface area (Å²) >= 11 is 0. The van der Waals surface area contributed by atoms with Crippen LogP contribution in [0.3, 0.4) is 0 Å². The highest BCUT2D eigenvalue weighted by Crippen LogP contribution is 2.22. The summed E-state index contributed by atoms with van der Waals surface area (Å²) in [5.41, 5.74) is 7.33. The van der Waals surface area contributed by atoms with Crippen molar-refractivity contribution in [3.05, 3.63) is 18.2 Å². The van der Waals surface area contributed by atoms with Crippen molar-refractivity contribution in [3.8, 4) is 0 Å². The second-order valence-corrected chi connectivity index (χ2v) is 4.27. The highest BCUT2D eigenvalue weighted by atomic mass is 15.3. The highest BCUT2D eigenvalue weighted by Gasteiger charge is 2.20. The van der Waals surface area contributed by atoms with E-state index in [-0.39, 0.29) is 5.41 Å². The molecule has 2 heterocycles. The second kappa shape index (κ2) is 2.67. The Hall–Kier alpha value is -1.65. The predicted octanol–water partition coefficient (Wildman–Crippen LogP) is 1.00. The molecule has 0 saturated heterocycles. The fraction of sp³-hybridized carbons (Fsp3) is 0.444. The maximum atomic E-state index is 5.68. The van der Waals surface area contributed by atoms with Crippen LogP contribution >= 0.6 is 0 Å². The van der Waals surface area contributed by atoms with Crippen molar-refractivity contribution in [2.75, 3.05) is 5.73 Å². The number of anilines is 1. The fourth-order valence-electron chi connectivity index (χ4n) is 1.35. The molecular weight excluding hydrogens is 178 g/mol. The predicted molar refractivity (Wildman–Crippen MR) is 53.9 cm³/mol. The number of nitrogen functional groups attached to an aromatic ring is 1. The maximum Gasteiger partial charge on any atom is 0.196 e. The molecule has 14 heavy (non-hydrogen) atoms. The molecule has 2 aromatic heterocycles. The van der Waals surface area contributed by atoms with Crippen molar-refractivity contribution in [1.82, 2.24) is 19.6 Å². The van der Waals surface area contributed by atoms with Crippen LogP contribution < -0.4 is 5.73 Å². The lowest BCUT2D eigenvalue weighted by Gasteiger charge is -2.16. The smallest absolute Gasteiger partial charge is 0.196 e. The summed E-state index contributed by atoms with van der Waals surface area (Å²) in [6.45, 7) is 6.32. The standard InChI is InChI=1S/C9H13N5/c1-9(2,3)6-4-11-8-7(10)12-5-13-14(6)8/h4-5H,1-3H3,(H2,10,12,13). The number of nitrogens with two attached hydrogens (primary N) is 1. The third-order valence-corrected chi connectivity index (χ3v) is 2.10. The Labute approximate surface area is 82.0 Å². The van der Waals surface area contributed by atoms with E-state index in [1.54, 1.807) is 10.7 Å². The van der Waals surface area contributed by atoms with Gasteiger partial charge in [0, 0.05) is 5.41 Å². The summed E-state index contributed by atoms with van der Waals surface area (Å²) in [6, 6.07) is 0. The minimum atomic E-state index is 0.000208. The van der Waals surface area contributed by atoms with Gasteiger partial charge in [-0.15, -0.1) is 0 Å². The summed E-state index contributed by atoms with van der Waals surface area (Å²) in [6.07, 6.45) is 3.24. The summed E-state index contributed by atoms with van der Waals surface area (Å²) < 4.78 is 1.74. The van der Waals surface area contributed by atoms with Crippen molar-refractivity contribution in [1.29, 1.82) is 0 Å². The van der Waals surface area contributed by atoms with E-state index in [9.17, 15) is 0 Å². The largest absolute Gasteiger partial charge is 0.381 e. The first-order valence-electron chi connectivity index (χ1n) is 4.45. The molecule has 2 N–H and O–H groups in total. The second-order valence-electron chi connectivity index (χ2n) is 4.27. The van der Waals surface area contributed by atoms with Gasteiger partial charge < -0.3 is 5.73 Å². The summed E-state index contributed by atoms with van der Waals surface area (Å²) in [4.78, 5) is 8.08. The molecule has 0 aliphatic carbocycles. The molecule has 2 rings (SSSR count). The number of imidazole rings is 1. The lowest BCUT2D eigenvalue weighted by atomic mass is 9.93. The van der Waals surface area contributed by atoms with Crippen molar-refractivity contribution in [3.63, 3.8) is 0 Å². The molecule has 0 radical (unpaired) electrons. The van der Waals surface area contributed by atoms with Crippen molar-refractivity contribution in [2.45, 2.75) is 26.2 Å². The van der Waals surface area contributed by atoms with Gasteiger partial charge in [0.1, 0.15) is 6.33 Å². The van der Waals surface area contributed by atoms with E-state index in [0.29, 0.717) is 11.5 Å². The first-order valence-corrected chi connectivity index (χ1v) is 4.45. The van der Waals surface area contributed by atoms with Crippen LogP contribution in [0, 0.1) is 0 Å². The van der Waals surface area contributed by atoms with Crippen molar-refractivity contribution in [2.24, 2.45) is 0 Å². The van der Waals surface area contributed by atoms with E-state index in [0.717, 1.165) is 5.69 Å². The number of aromatic nitrogens is 4. The number of nitrogens with zero attached hydrogens (tertiary/aromatic N) is 4.